The predicted molar refractivity (Wildman–Crippen MR) is 90.4 cm³/mol. The molecule has 1 aliphatic heterocycles. The first-order valence-corrected chi connectivity index (χ1v) is 8.64. The molecule has 2 aliphatic rings. The minimum atomic E-state index is -1.01. The first-order chi connectivity index (χ1) is 12.1. The van der Waals surface area contributed by atoms with E-state index in [0.717, 1.165) is 25.7 Å². The van der Waals surface area contributed by atoms with Gasteiger partial charge < -0.3 is 14.4 Å². The maximum Gasteiger partial charge on any atom is 0.349 e. The Morgan fingerprint density at radius 2 is 1.92 bits per heavy atom. The van der Waals surface area contributed by atoms with Crippen LogP contribution in [0.2, 0.25) is 0 Å². The summed E-state index contributed by atoms with van der Waals surface area (Å²) in [6, 6.07) is 7.51. The number of aliphatic carboxylic acids is 1. The van der Waals surface area contributed by atoms with Gasteiger partial charge in [0.25, 0.3) is 5.91 Å². The summed E-state index contributed by atoms with van der Waals surface area (Å²) in [5.41, 5.74) is -0.390. The number of benzene rings is 1. The Bertz CT molecular complexity index is 902. The molecule has 6 nitrogen and oxygen atoms in total. The largest absolute Gasteiger partial charge is 0.480 e. The monoisotopic (exact) mass is 341 g/mol. The van der Waals surface area contributed by atoms with Gasteiger partial charge in [-0.05, 0) is 37.3 Å². The standard InChI is InChI=1S/C19H19NO5/c21-17(13-9-12-6-2-4-8-16(12)25-19(13)24)20-14-7-3-1-5-11(14)10-15(20)18(22)23/h2,4,6,8-9,11,14-15H,1,3,5,7,10H2,(H,22,23). The van der Waals surface area contributed by atoms with Gasteiger partial charge in [0.15, 0.2) is 0 Å². The Morgan fingerprint density at radius 1 is 1.16 bits per heavy atom. The van der Waals surface area contributed by atoms with Crippen LogP contribution in [0.25, 0.3) is 11.0 Å². The molecule has 2 aromatic rings. The highest BCUT2D eigenvalue weighted by molar-refractivity contribution is 5.99. The fourth-order valence-electron chi connectivity index (χ4n) is 4.32. The third kappa shape index (κ3) is 2.62. The SMILES string of the molecule is O=C(O)C1CC2CCCCC2N1C(=O)c1cc2ccccc2oc1=O. The number of hydrogen-bond acceptors (Lipinski definition) is 4. The van der Waals surface area contributed by atoms with Crippen LogP contribution in [0.4, 0.5) is 0 Å². The summed E-state index contributed by atoms with van der Waals surface area (Å²) in [5.74, 6) is -1.33. The van der Waals surface area contributed by atoms with Crippen LogP contribution in [-0.4, -0.2) is 34.0 Å². The smallest absolute Gasteiger partial charge is 0.349 e. The quantitative estimate of drug-likeness (QED) is 0.849. The van der Waals surface area contributed by atoms with Crippen LogP contribution in [-0.2, 0) is 4.79 Å². The molecule has 1 aromatic heterocycles. The number of hydrogen-bond donors (Lipinski definition) is 1. The second kappa shape index (κ2) is 6.02. The molecular weight excluding hydrogens is 322 g/mol. The first kappa shape index (κ1) is 15.9. The Hall–Kier alpha value is -2.63. The molecule has 0 spiro atoms. The summed E-state index contributed by atoms with van der Waals surface area (Å²) in [7, 11) is 0. The van der Waals surface area contributed by atoms with Crippen molar-refractivity contribution in [2.75, 3.05) is 0 Å². The van der Waals surface area contributed by atoms with Crippen LogP contribution in [0.15, 0.2) is 39.5 Å². The van der Waals surface area contributed by atoms with Crippen LogP contribution in [0, 0.1) is 5.92 Å². The van der Waals surface area contributed by atoms with Gasteiger partial charge in [0, 0.05) is 11.4 Å². The number of nitrogens with zero attached hydrogens (tertiary/aromatic N) is 1. The van der Waals surface area contributed by atoms with Crippen molar-refractivity contribution in [2.24, 2.45) is 5.92 Å². The van der Waals surface area contributed by atoms with Crippen molar-refractivity contribution in [1.29, 1.82) is 0 Å². The zero-order valence-corrected chi connectivity index (χ0v) is 13.7. The Kier molecular flexibility index (Phi) is 3.82. The molecule has 130 valence electrons. The number of carboxylic acid groups (broad SMARTS) is 1. The zero-order chi connectivity index (χ0) is 17.6. The second-order valence-corrected chi connectivity index (χ2v) is 6.90. The number of carbonyl (C=O) groups is 2. The van der Waals surface area contributed by atoms with Gasteiger partial charge in [0.05, 0.1) is 0 Å². The van der Waals surface area contributed by atoms with Crippen molar-refractivity contribution in [3.8, 4) is 0 Å². The van der Waals surface area contributed by atoms with E-state index in [1.807, 2.05) is 0 Å². The summed E-state index contributed by atoms with van der Waals surface area (Å²) >= 11 is 0. The summed E-state index contributed by atoms with van der Waals surface area (Å²) in [6.07, 6.45) is 4.23. The van der Waals surface area contributed by atoms with E-state index >= 15 is 0 Å². The molecular formula is C19H19NO5. The van der Waals surface area contributed by atoms with Gasteiger partial charge in [0.1, 0.15) is 17.2 Å². The average Bonchev–Trinajstić information content (AvgIpc) is 3.00. The summed E-state index contributed by atoms with van der Waals surface area (Å²) in [4.78, 5) is 38.5. The number of para-hydroxylation sites is 1. The molecule has 2 fully saturated rings. The Balaban J connectivity index is 1.77. The normalized spacial score (nSPS) is 25.8. The molecule has 6 heteroatoms. The van der Waals surface area contributed by atoms with Crippen LogP contribution in [0.3, 0.4) is 0 Å². The second-order valence-electron chi connectivity index (χ2n) is 6.90. The molecule has 1 aliphatic carbocycles. The third-order valence-electron chi connectivity index (χ3n) is 5.48. The molecule has 4 rings (SSSR count). The van der Waals surface area contributed by atoms with Crippen molar-refractivity contribution < 1.29 is 19.1 Å². The molecule has 1 saturated carbocycles. The van der Waals surface area contributed by atoms with Crippen molar-refractivity contribution >= 4 is 22.8 Å². The lowest BCUT2D eigenvalue weighted by atomic mass is 9.84. The number of likely N-dealkylation sites (tertiary alicyclic amines) is 1. The van der Waals surface area contributed by atoms with E-state index in [4.69, 9.17) is 4.42 Å². The van der Waals surface area contributed by atoms with Crippen LogP contribution >= 0.6 is 0 Å². The van der Waals surface area contributed by atoms with Crippen molar-refractivity contribution in [3.63, 3.8) is 0 Å². The van der Waals surface area contributed by atoms with E-state index in [1.165, 1.54) is 11.0 Å². The zero-order valence-electron chi connectivity index (χ0n) is 13.7. The molecule has 1 saturated heterocycles. The van der Waals surface area contributed by atoms with Gasteiger partial charge in [-0.2, -0.15) is 0 Å². The molecule has 1 aromatic carbocycles. The molecule has 2 heterocycles. The molecule has 0 radical (unpaired) electrons. The lowest BCUT2D eigenvalue weighted by molar-refractivity contribution is -0.141. The predicted octanol–water partition coefficient (Wildman–Crippen LogP) is 2.65. The van der Waals surface area contributed by atoms with E-state index in [-0.39, 0.29) is 17.5 Å². The number of rotatable bonds is 2. The highest BCUT2D eigenvalue weighted by Crippen LogP contribution is 2.40. The van der Waals surface area contributed by atoms with Gasteiger partial charge in [-0.15, -0.1) is 0 Å². The van der Waals surface area contributed by atoms with Crippen molar-refractivity contribution in [3.05, 3.63) is 46.3 Å². The van der Waals surface area contributed by atoms with Gasteiger partial charge in [-0.3, -0.25) is 4.79 Å². The van der Waals surface area contributed by atoms with E-state index in [1.54, 1.807) is 24.3 Å². The molecule has 1 amide bonds. The van der Waals surface area contributed by atoms with E-state index < -0.39 is 23.5 Å². The maximum atomic E-state index is 13.1. The Morgan fingerprint density at radius 3 is 2.72 bits per heavy atom. The molecule has 25 heavy (non-hydrogen) atoms. The lowest BCUT2D eigenvalue weighted by Crippen LogP contribution is -2.47. The minimum absolute atomic E-state index is 0.0869. The highest BCUT2D eigenvalue weighted by Gasteiger charge is 2.48. The average molecular weight is 341 g/mol. The molecule has 3 unspecified atom stereocenters. The number of amides is 1. The fourth-order valence-corrected chi connectivity index (χ4v) is 4.32. The molecule has 1 N–H and O–H groups in total. The fraction of sp³-hybridized carbons (Fsp3) is 0.421. The van der Waals surface area contributed by atoms with Crippen molar-refractivity contribution in [2.45, 2.75) is 44.2 Å². The van der Waals surface area contributed by atoms with E-state index in [9.17, 15) is 19.5 Å². The number of fused-ring (bicyclic) bond motifs is 2. The van der Waals surface area contributed by atoms with Gasteiger partial charge in [-0.1, -0.05) is 31.0 Å². The summed E-state index contributed by atoms with van der Waals surface area (Å²) in [6.45, 7) is 0. The van der Waals surface area contributed by atoms with Crippen molar-refractivity contribution in [1.82, 2.24) is 4.90 Å². The summed E-state index contributed by atoms with van der Waals surface area (Å²) in [5, 5.41) is 10.2. The minimum Gasteiger partial charge on any atom is -0.480 e. The first-order valence-electron chi connectivity index (χ1n) is 8.64. The highest BCUT2D eigenvalue weighted by atomic mass is 16.4. The third-order valence-corrected chi connectivity index (χ3v) is 5.48. The van der Waals surface area contributed by atoms with Gasteiger partial charge in [0.2, 0.25) is 0 Å². The van der Waals surface area contributed by atoms with Gasteiger partial charge >= 0.3 is 11.6 Å². The maximum absolute atomic E-state index is 13.1. The topological polar surface area (TPSA) is 87.8 Å². The van der Waals surface area contributed by atoms with Crippen LogP contribution in [0.5, 0.6) is 0 Å². The summed E-state index contributed by atoms with van der Waals surface area (Å²) < 4.78 is 5.25. The van der Waals surface area contributed by atoms with Crippen LogP contribution < -0.4 is 5.63 Å². The van der Waals surface area contributed by atoms with E-state index in [0.29, 0.717) is 17.4 Å². The van der Waals surface area contributed by atoms with Gasteiger partial charge in [-0.25, -0.2) is 9.59 Å². The number of carbonyl (C=O) groups excluding carboxylic acids is 1. The lowest BCUT2D eigenvalue weighted by Gasteiger charge is -2.32. The Labute approximate surface area is 144 Å². The number of carboxylic acids is 1. The molecule has 3 atom stereocenters. The molecule has 0 bridgehead atoms. The van der Waals surface area contributed by atoms with E-state index in [2.05, 4.69) is 0 Å². The van der Waals surface area contributed by atoms with Crippen LogP contribution in [0.1, 0.15) is 42.5 Å².